The molecule has 0 fully saturated rings. The Morgan fingerprint density at radius 3 is 2.40 bits per heavy atom. The third-order valence-electron chi connectivity index (χ3n) is 3.83. The number of methoxy groups -OCH3 is 1. The summed E-state index contributed by atoms with van der Waals surface area (Å²) in [5, 5.41) is 4.19. The molecule has 3 aromatic rings. The van der Waals surface area contributed by atoms with E-state index in [9.17, 15) is 8.42 Å². The van der Waals surface area contributed by atoms with Gasteiger partial charge in [-0.05, 0) is 41.5 Å². The Hall–Kier alpha value is -2.64. The summed E-state index contributed by atoms with van der Waals surface area (Å²) in [6.45, 7) is 0.805. The van der Waals surface area contributed by atoms with E-state index in [-0.39, 0.29) is 11.4 Å². The van der Waals surface area contributed by atoms with E-state index in [0.717, 1.165) is 11.1 Å². The molecular formula is C18H19N3O3S. The fraction of sp³-hybridized carbons (Fsp3) is 0.167. The van der Waals surface area contributed by atoms with Gasteiger partial charge in [-0.2, -0.15) is 5.10 Å². The van der Waals surface area contributed by atoms with E-state index in [0.29, 0.717) is 12.3 Å². The first-order valence-corrected chi connectivity index (χ1v) is 9.25. The van der Waals surface area contributed by atoms with Gasteiger partial charge in [-0.25, -0.2) is 13.1 Å². The van der Waals surface area contributed by atoms with Crippen LogP contribution in [-0.4, -0.2) is 25.3 Å². The third-order valence-corrected chi connectivity index (χ3v) is 5.25. The predicted octanol–water partition coefficient (Wildman–Crippen LogP) is 2.42. The van der Waals surface area contributed by atoms with Gasteiger partial charge in [-0.15, -0.1) is 0 Å². The zero-order chi connectivity index (χ0) is 17.7. The number of nitrogens with one attached hydrogen (secondary N) is 1. The maximum absolute atomic E-state index is 12.5. The van der Waals surface area contributed by atoms with E-state index in [2.05, 4.69) is 9.82 Å². The smallest absolute Gasteiger partial charge is 0.240 e. The second-order valence-electron chi connectivity index (χ2n) is 5.47. The molecule has 3 rings (SSSR count). The molecule has 0 saturated heterocycles. The number of benzene rings is 2. The third kappa shape index (κ3) is 4.26. The van der Waals surface area contributed by atoms with Crippen molar-refractivity contribution in [1.29, 1.82) is 0 Å². The molecule has 0 aliphatic carbocycles. The lowest BCUT2D eigenvalue weighted by Gasteiger charge is -2.12. The molecule has 7 heteroatoms. The molecule has 0 bridgehead atoms. The molecule has 0 aliphatic rings. The first-order chi connectivity index (χ1) is 12.1. The summed E-state index contributed by atoms with van der Waals surface area (Å²) in [4.78, 5) is 0.206. The maximum atomic E-state index is 12.5. The minimum absolute atomic E-state index is 0.206. The summed E-state index contributed by atoms with van der Waals surface area (Å²) >= 11 is 0. The molecule has 25 heavy (non-hydrogen) atoms. The fourth-order valence-electron chi connectivity index (χ4n) is 2.46. The lowest BCUT2D eigenvalue weighted by atomic mass is 10.1. The first kappa shape index (κ1) is 17.2. The van der Waals surface area contributed by atoms with Gasteiger partial charge < -0.3 is 4.74 Å². The zero-order valence-corrected chi connectivity index (χ0v) is 14.6. The number of hydrogen-bond donors (Lipinski definition) is 1. The molecule has 0 aliphatic heterocycles. The number of ether oxygens (including phenoxy) is 1. The van der Waals surface area contributed by atoms with Crippen molar-refractivity contribution in [3.05, 3.63) is 78.1 Å². The Bertz CT molecular complexity index is 920. The Balaban J connectivity index is 1.74. The second-order valence-corrected chi connectivity index (χ2v) is 7.24. The van der Waals surface area contributed by atoms with E-state index in [1.807, 2.05) is 36.5 Å². The van der Waals surface area contributed by atoms with Crippen molar-refractivity contribution < 1.29 is 13.2 Å². The standard InChI is InChI=1S/C18H19N3O3S/c1-24-17-7-9-18(10-8-17)25(22,23)20-13-15-5-2-3-6-16(15)14-21-12-4-11-19-21/h2-12,20H,13-14H2,1H3. The normalized spacial score (nSPS) is 11.4. The SMILES string of the molecule is COc1ccc(S(=O)(=O)NCc2ccccc2Cn2cccn2)cc1. The van der Waals surface area contributed by atoms with E-state index < -0.39 is 10.0 Å². The van der Waals surface area contributed by atoms with Crippen LogP contribution in [0.3, 0.4) is 0 Å². The van der Waals surface area contributed by atoms with Crippen LogP contribution in [-0.2, 0) is 23.1 Å². The summed E-state index contributed by atoms with van der Waals surface area (Å²) in [7, 11) is -2.05. The highest BCUT2D eigenvalue weighted by atomic mass is 32.2. The van der Waals surface area contributed by atoms with Gasteiger partial charge in [0.05, 0.1) is 18.6 Å². The molecule has 0 atom stereocenters. The summed E-state index contributed by atoms with van der Waals surface area (Å²) in [6.07, 6.45) is 3.59. The van der Waals surface area contributed by atoms with Gasteiger partial charge in [-0.1, -0.05) is 24.3 Å². The van der Waals surface area contributed by atoms with Gasteiger partial charge in [0, 0.05) is 18.9 Å². The molecule has 1 N–H and O–H groups in total. The monoisotopic (exact) mass is 357 g/mol. The number of aromatic nitrogens is 2. The molecule has 1 heterocycles. The minimum atomic E-state index is -3.59. The molecule has 0 unspecified atom stereocenters. The average molecular weight is 357 g/mol. The van der Waals surface area contributed by atoms with Crippen molar-refractivity contribution >= 4 is 10.0 Å². The molecule has 0 amide bonds. The topological polar surface area (TPSA) is 73.2 Å². The maximum Gasteiger partial charge on any atom is 0.240 e. The largest absolute Gasteiger partial charge is 0.497 e. The van der Waals surface area contributed by atoms with Crippen molar-refractivity contribution in [3.63, 3.8) is 0 Å². The van der Waals surface area contributed by atoms with Gasteiger partial charge in [0.1, 0.15) is 5.75 Å². The highest BCUT2D eigenvalue weighted by Gasteiger charge is 2.14. The summed E-state index contributed by atoms with van der Waals surface area (Å²) in [5.74, 6) is 0.614. The average Bonchev–Trinajstić information content (AvgIpc) is 3.14. The molecule has 0 radical (unpaired) electrons. The van der Waals surface area contributed by atoms with Crippen LogP contribution in [0, 0.1) is 0 Å². The zero-order valence-electron chi connectivity index (χ0n) is 13.8. The Kier molecular flexibility index (Phi) is 5.16. The van der Waals surface area contributed by atoms with Gasteiger partial charge >= 0.3 is 0 Å². The molecule has 0 spiro atoms. The lowest BCUT2D eigenvalue weighted by Crippen LogP contribution is -2.24. The Labute approximate surface area is 147 Å². The molecule has 130 valence electrons. The van der Waals surface area contributed by atoms with E-state index in [1.54, 1.807) is 23.0 Å². The van der Waals surface area contributed by atoms with E-state index >= 15 is 0 Å². The second kappa shape index (κ2) is 7.50. The Morgan fingerprint density at radius 1 is 1.04 bits per heavy atom. The number of nitrogens with zero attached hydrogens (tertiary/aromatic N) is 2. The molecule has 2 aromatic carbocycles. The number of hydrogen-bond acceptors (Lipinski definition) is 4. The first-order valence-electron chi connectivity index (χ1n) is 7.76. The van der Waals surface area contributed by atoms with Gasteiger partial charge in [-0.3, -0.25) is 4.68 Å². The van der Waals surface area contributed by atoms with Crippen molar-refractivity contribution in [1.82, 2.24) is 14.5 Å². The Morgan fingerprint density at radius 2 is 1.76 bits per heavy atom. The fourth-order valence-corrected chi connectivity index (χ4v) is 3.47. The van der Waals surface area contributed by atoms with Crippen molar-refractivity contribution in [2.45, 2.75) is 18.0 Å². The number of sulfonamides is 1. The predicted molar refractivity (Wildman–Crippen MR) is 94.8 cm³/mol. The van der Waals surface area contributed by atoms with Crippen LogP contribution >= 0.6 is 0 Å². The van der Waals surface area contributed by atoms with Crippen LogP contribution in [0.2, 0.25) is 0 Å². The van der Waals surface area contributed by atoms with Crippen molar-refractivity contribution in [3.8, 4) is 5.75 Å². The van der Waals surface area contributed by atoms with Crippen molar-refractivity contribution in [2.75, 3.05) is 7.11 Å². The van der Waals surface area contributed by atoms with E-state index in [1.165, 1.54) is 19.2 Å². The van der Waals surface area contributed by atoms with Crippen molar-refractivity contribution in [2.24, 2.45) is 0 Å². The van der Waals surface area contributed by atoms with Crippen LogP contribution in [0.4, 0.5) is 0 Å². The molecule has 0 saturated carbocycles. The summed E-state index contributed by atoms with van der Waals surface area (Å²) in [5.41, 5.74) is 1.93. The van der Waals surface area contributed by atoms with Crippen LogP contribution < -0.4 is 9.46 Å². The van der Waals surface area contributed by atoms with E-state index in [4.69, 9.17) is 4.74 Å². The van der Waals surface area contributed by atoms with Crippen LogP contribution in [0.25, 0.3) is 0 Å². The molecule has 1 aromatic heterocycles. The van der Waals surface area contributed by atoms with Crippen LogP contribution in [0.1, 0.15) is 11.1 Å². The van der Waals surface area contributed by atoms with Crippen LogP contribution in [0.15, 0.2) is 71.9 Å². The molecule has 6 nitrogen and oxygen atoms in total. The summed E-state index contributed by atoms with van der Waals surface area (Å²) < 4.78 is 34.4. The minimum Gasteiger partial charge on any atom is -0.497 e. The lowest BCUT2D eigenvalue weighted by molar-refractivity contribution is 0.414. The van der Waals surface area contributed by atoms with Gasteiger partial charge in [0.15, 0.2) is 0 Å². The summed E-state index contributed by atoms with van der Waals surface area (Å²) in [6, 6.07) is 15.9. The highest BCUT2D eigenvalue weighted by Crippen LogP contribution is 2.16. The van der Waals surface area contributed by atoms with Crippen LogP contribution in [0.5, 0.6) is 5.75 Å². The van der Waals surface area contributed by atoms with Gasteiger partial charge in [0.2, 0.25) is 10.0 Å². The number of rotatable bonds is 7. The molecular weight excluding hydrogens is 338 g/mol. The quantitative estimate of drug-likeness (QED) is 0.705. The van der Waals surface area contributed by atoms with Gasteiger partial charge in [0.25, 0.3) is 0 Å². The highest BCUT2D eigenvalue weighted by molar-refractivity contribution is 7.89.